The number of hydrogen-bond acceptors (Lipinski definition) is 3. The van der Waals surface area contributed by atoms with Gasteiger partial charge in [-0.15, -0.1) is 0 Å². The number of alkyl halides is 3. The average molecular weight is 347 g/mol. The molecule has 1 aromatic carbocycles. The summed E-state index contributed by atoms with van der Waals surface area (Å²) in [7, 11) is -2.37. The van der Waals surface area contributed by atoms with E-state index in [-0.39, 0.29) is 22.0 Å². The summed E-state index contributed by atoms with van der Waals surface area (Å²) >= 11 is 0. The van der Waals surface area contributed by atoms with Crippen molar-refractivity contribution in [3.8, 4) is 6.07 Å². The van der Waals surface area contributed by atoms with Crippen LogP contribution in [0.4, 0.5) is 23.2 Å². The maximum atomic E-state index is 13.9. The topological polar surface area (TPSA) is 79.2 Å². The Labute approximate surface area is 132 Å². The number of rotatable bonds is 4. The van der Waals surface area contributed by atoms with Crippen molar-refractivity contribution < 1.29 is 21.8 Å². The molecule has 1 fully saturated rings. The second kappa shape index (κ2) is 5.92. The highest BCUT2D eigenvalue weighted by Gasteiger charge is 2.47. The van der Waals surface area contributed by atoms with Crippen LogP contribution >= 0.6 is 0 Å². The molecule has 1 aromatic rings. The molecule has 1 unspecified atom stereocenters. The highest BCUT2D eigenvalue weighted by atomic mass is 32.2. The maximum absolute atomic E-state index is 13.9. The molecule has 124 valence electrons. The molecule has 2 N–H and O–H groups in total. The van der Waals surface area contributed by atoms with Crippen LogP contribution in [0.25, 0.3) is 0 Å². The molecular weight excluding hydrogens is 334 g/mol. The van der Waals surface area contributed by atoms with E-state index in [1.807, 2.05) is 6.07 Å². The van der Waals surface area contributed by atoms with E-state index in [4.69, 9.17) is 11.0 Å². The molecule has 0 heterocycles. The molecule has 0 aromatic heterocycles. The van der Waals surface area contributed by atoms with Gasteiger partial charge in [-0.1, -0.05) is 0 Å². The largest absolute Gasteiger partial charge is 0.400 e. The molecule has 0 bridgehead atoms. The van der Waals surface area contributed by atoms with Gasteiger partial charge < -0.3 is 5.73 Å². The monoisotopic (exact) mass is 347 g/mol. The number of halogens is 4. The van der Waals surface area contributed by atoms with Crippen molar-refractivity contribution in [2.45, 2.75) is 30.8 Å². The Hall–Kier alpha value is -1.95. The lowest BCUT2D eigenvalue weighted by Crippen LogP contribution is -2.23. The third kappa shape index (κ3) is 3.88. The number of aryl methyl sites for hydroxylation is 1. The summed E-state index contributed by atoms with van der Waals surface area (Å²) in [5, 5.41) is 9.01. The second-order valence-corrected chi connectivity index (χ2v) is 6.78. The van der Waals surface area contributed by atoms with Crippen LogP contribution in [0.15, 0.2) is 22.0 Å². The molecule has 0 aliphatic heterocycles. The minimum absolute atomic E-state index is 0.0877. The third-order valence-electron chi connectivity index (χ3n) is 3.48. The Morgan fingerprint density at radius 3 is 2.57 bits per heavy atom. The summed E-state index contributed by atoms with van der Waals surface area (Å²) in [6.07, 6.45) is -3.61. The van der Waals surface area contributed by atoms with Gasteiger partial charge in [0.05, 0.1) is 16.9 Å². The van der Waals surface area contributed by atoms with Crippen LogP contribution in [0.2, 0.25) is 0 Å². The fourth-order valence-corrected chi connectivity index (χ4v) is 3.10. The molecule has 9 heteroatoms. The molecule has 4 nitrogen and oxygen atoms in total. The first-order valence-electron chi connectivity index (χ1n) is 6.59. The molecule has 0 amide bonds. The van der Waals surface area contributed by atoms with Crippen molar-refractivity contribution >= 4 is 22.3 Å². The Balaban J connectivity index is 2.39. The van der Waals surface area contributed by atoms with E-state index in [0.29, 0.717) is 12.8 Å². The van der Waals surface area contributed by atoms with E-state index in [2.05, 4.69) is 4.99 Å². The van der Waals surface area contributed by atoms with Crippen LogP contribution < -0.4 is 5.73 Å². The summed E-state index contributed by atoms with van der Waals surface area (Å²) < 4.78 is 62.9. The van der Waals surface area contributed by atoms with Gasteiger partial charge >= 0.3 is 6.18 Å². The van der Waals surface area contributed by atoms with Crippen molar-refractivity contribution in [2.24, 2.45) is 16.1 Å². The SMILES string of the molecule is Cc1cc(F)c(N=C(N)C2(C#N)CC2)cc1S(=O)CC(F)(F)F. The fourth-order valence-electron chi connectivity index (χ4n) is 1.99. The van der Waals surface area contributed by atoms with Crippen molar-refractivity contribution in [3.63, 3.8) is 0 Å². The summed E-state index contributed by atoms with van der Waals surface area (Å²) in [4.78, 5) is 3.67. The van der Waals surface area contributed by atoms with Gasteiger partial charge in [-0.05, 0) is 37.5 Å². The number of benzene rings is 1. The summed E-state index contributed by atoms with van der Waals surface area (Å²) in [5.74, 6) is -2.41. The molecule has 0 radical (unpaired) electrons. The van der Waals surface area contributed by atoms with Crippen molar-refractivity contribution in [2.75, 3.05) is 5.75 Å². The van der Waals surface area contributed by atoms with Gasteiger partial charge in [0.15, 0.2) is 0 Å². The van der Waals surface area contributed by atoms with Crippen LogP contribution in [0.1, 0.15) is 18.4 Å². The number of nitrogens with zero attached hydrogens (tertiary/aromatic N) is 2. The van der Waals surface area contributed by atoms with Crippen LogP contribution in [0.3, 0.4) is 0 Å². The zero-order valence-electron chi connectivity index (χ0n) is 12.1. The molecule has 0 saturated heterocycles. The van der Waals surface area contributed by atoms with Gasteiger partial charge in [-0.3, -0.25) is 4.21 Å². The zero-order valence-corrected chi connectivity index (χ0v) is 12.9. The quantitative estimate of drug-likeness (QED) is 0.516. The van der Waals surface area contributed by atoms with Gasteiger partial charge in [0.1, 0.15) is 28.5 Å². The van der Waals surface area contributed by atoms with E-state index in [0.717, 1.165) is 12.1 Å². The Kier molecular flexibility index (Phi) is 4.48. The smallest absolute Gasteiger partial charge is 0.386 e. The first-order chi connectivity index (χ1) is 10.6. The zero-order chi connectivity index (χ0) is 17.4. The Morgan fingerprint density at radius 1 is 1.48 bits per heavy atom. The first-order valence-corrected chi connectivity index (χ1v) is 7.91. The van der Waals surface area contributed by atoms with E-state index in [9.17, 15) is 21.8 Å². The first kappa shape index (κ1) is 17.4. The second-order valence-electron chi connectivity index (χ2n) is 5.37. The number of amidine groups is 1. The number of nitriles is 1. The molecule has 1 aliphatic carbocycles. The van der Waals surface area contributed by atoms with Crippen LogP contribution in [-0.4, -0.2) is 22.0 Å². The summed E-state index contributed by atoms with van der Waals surface area (Å²) in [6.45, 7) is 1.36. The lowest BCUT2D eigenvalue weighted by Gasteiger charge is -2.11. The standard InChI is InChI=1S/C14H13F4N3OS/c1-8-4-9(15)10(21-12(20)13(6-19)2-3-13)5-11(8)23(22)7-14(16,17)18/h4-5H,2-3,7H2,1H3,(H2,20,21). The number of aliphatic imine (C=N–C) groups is 1. The molecule has 2 rings (SSSR count). The predicted octanol–water partition coefficient (Wildman–Crippen LogP) is 3.10. The van der Waals surface area contributed by atoms with E-state index >= 15 is 0 Å². The minimum Gasteiger partial charge on any atom is -0.386 e. The van der Waals surface area contributed by atoms with Gasteiger partial charge in [-0.2, -0.15) is 18.4 Å². The maximum Gasteiger partial charge on any atom is 0.400 e. The molecule has 0 spiro atoms. The van der Waals surface area contributed by atoms with Crippen molar-refractivity contribution in [3.05, 3.63) is 23.5 Å². The van der Waals surface area contributed by atoms with Gasteiger partial charge in [-0.25, -0.2) is 9.38 Å². The molecule has 1 saturated carbocycles. The van der Waals surface area contributed by atoms with Crippen LogP contribution in [0.5, 0.6) is 0 Å². The highest BCUT2D eigenvalue weighted by Crippen LogP contribution is 2.45. The van der Waals surface area contributed by atoms with Crippen LogP contribution in [0, 0.1) is 29.5 Å². The van der Waals surface area contributed by atoms with E-state index in [1.165, 1.54) is 6.92 Å². The minimum atomic E-state index is -4.60. The summed E-state index contributed by atoms with van der Waals surface area (Å²) in [5.41, 5.74) is 4.58. The van der Waals surface area contributed by atoms with Gasteiger partial charge in [0.25, 0.3) is 0 Å². The van der Waals surface area contributed by atoms with Crippen molar-refractivity contribution in [1.29, 1.82) is 5.26 Å². The average Bonchev–Trinajstić information content (AvgIpc) is 3.20. The van der Waals surface area contributed by atoms with E-state index in [1.54, 1.807) is 0 Å². The normalized spacial score (nSPS) is 18.3. The fraction of sp³-hybridized carbons (Fsp3) is 0.429. The molecule has 23 heavy (non-hydrogen) atoms. The van der Waals surface area contributed by atoms with Crippen LogP contribution in [-0.2, 0) is 10.8 Å². The molecule has 1 aliphatic rings. The molecule has 1 atom stereocenters. The predicted molar refractivity (Wildman–Crippen MR) is 77.0 cm³/mol. The lowest BCUT2D eigenvalue weighted by molar-refractivity contribution is -0.105. The Morgan fingerprint density at radius 2 is 2.09 bits per heavy atom. The van der Waals surface area contributed by atoms with Gasteiger partial charge in [0.2, 0.25) is 0 Å². The number of hydrogen-bond donors (Lipinski definition) is 1. The number of nitrogens with two attached hydrogens (primary N) is 1. The highest BCUT2D eigenvalue weighted by molar-refractivity contribution is 7.85. The Bertz CT molecular complexity index is 733. The van der Waals surface area contributed by atoms with E-state index < -0.39 is 34.0 Å². The molecular formula is C14H13F4N3OS. The lowest BCUT2D eigenvalue weighted by atomic mass is 10.1. The van der Waals surface area contributed by atoms with Gasteiger partial charge in [0, 0.05) is 4.90 Å². The van der Waals surface area contributed by atoms with Crippen molar-refractivity contribution in [1.82, 2.24) is 0 Å². The third-order valence-corrected chi connectivity index (χ3v) is 5.00. The summed E-state index contributed by atoms with van der Waals surface area (Å²) in [6, 6.07) is 3.94.